The zero-order valence-electron chi connectivity index (χ0n) is 26.1. The number of aromatic nitrogens is 2. The molecule has 0 bridgehead atoms. The highest BCUT2D eigenvalue weighted by Gasteiger charge is 2.15. The van der Waals surface area contributed by atoms with Crippen molar-refractivity contribution in [1.29, 1.82) is 0 Å². The highest BCUT2D eigenvalue weighted by Crippen LogP contribution is 2.15. The van der Waals surface area contributed by atoms with Gasteiger partial charge in [0.2, 0.25) is 24.1 Å². The first kappa shape index (κ1) is 34.4. The fraction of sp³-hybridized carbons (Fsp3) is 0.167. The van der Waals surface area contributed by atoms with E-state index in [-0.39, 0.29) is 9.79 Å². The van der Waals surface area contributed by atoms with E-state index < -0.39 is 20.2 Å². The standard InChI is InChI=1S/C22H22N2.2C7H8O3S/c1-17-11-13-23(21-9-5-3-7-19(17)21)15-16-24-14-12-18(2)20-8-4-6-10-22(20)24;2*1-6-2-4-7(5-3-6)11(8,9)10/h3-14H,15-16H2,1-2H3;2*2-5H,1H3,(H,8,9,10)/q+2;;/p-2. The van der Waals surface area contributed by atoms with Crippen LogP contribution in [0.4, 0.5) is 0 Å². The molecule has 2 heterocycles. The van der Waals surface area contributed by atoms with Gasteiger partial charge >= 0.3 is 0 Å². The lowest BCUT2D eigenvalue weighted by molar-refractivity contribution is -0.754. The molecule has 46 heavy (non-hydrogen) atoms. The number of hydrogen-bond donors (Lipinski definition) is 0. The molecule has 6 aromatic rings. The highest BCUT2D eigenvalue weighted by atomic mass is 32.2. The monoisotopic (exact) mass is 656 g/mol. The van der Waals surface area contributed by atoms with E-state index >= 15 is 0 Å². The Morgan fingerprint density at radius 2 is 0.804 bits per heavy atom. The predicted molar refractivity (Wildman–Crippen MR) is 176 cm³/mol. The second-order valence-electron chi connectivity index (χ2n) is 11.0. The van der Waals surface area contributed by atoms with Gasteiger partial charge in [-0.25, -0.2) is 16.8 Å². The van der Waals surface area contributed by atoms with Crippen LogP contribution in [0.3, 0.4) is 0 Å². The minimum Gasteiger partial charge on any atom is -0.744 e. The van der Waals surface area contributed by atoms with Crippen LogP contribution < -0.4 is 9.13 Å². The van der Waals surface area contributed by atoms with E-state index in [1.165, 1.54) is 57.2 Å². The lowest BCUT2D eigenvalue weighted by Gasteiger charge is -2.05. The quantitative estimate of drug-likeness (QED) is 0.174. The number of hydrogen-bond acceptors (Lipinski definition) is 6. The number of para-hydroxylation sites is 2. The number of benzene rings is 4. The van der Waals surface area contributed by atoms with E-state index in [0.717, 1.165) is 24.2 Å². The van der Waals surface area contributed by atoms with Gasteiger partial charge in [-0.3, -0.25) is 0 Å². The molecule has 0 aliphatic heterocycles. The van der Waals surface area contributed by atoms with Gasteiger partial charge < -0.3 is 9.11 Å². The zero-order chi connectivity index (χ0) is 33.5. The Bertz CT molecular complexity index is 2020. The Balaban J connectivity index is 0.000000182. The normalized spacial score (nSPS) is 11.3. The molecular weight excluding hydrogens is 621 g/mol. The van der Waals surface area contributed by atoms with Crippen molar-refractivity contribution in [2.45, 2.75) is 50.6 Å². The van der Waals surface area contributed by atoms with Crippen LogP contribution in [0.2, 0.25) is 0 Å². The van der Waals surface area contributed by atoms with Crippen LogP contribution in [0.15, 0.2) is 131 Å². The Labute approximate surface area is 270 Å². The van der Waals surface area contributed by atoms with Crippen LogP contribution in [0, 0.1) is 27.7 Å². The van der Waals surface area contributed by atoms with Crippen molar-refractivity contribution >= 4 is 42.0 Å². The Morgan fingerprint density at radius 3 is 1.13 bits per heavy atom. The van der Waals surface area contributed by atoms with Crippen LogP contribution in [0.5, 0.6) is 0 Å². The van der Waals surface area contributed by atoms with E-state index in [1.54, 1.807) is 24.3 Å². The van der Waals surface area contributed by atoms with Crippen molar-refractivity contribution in [3.05, 3.63) is 144 Å². The average molecular weight is 657 g/mol. The van der Waals surface area contributed by atoms with Crippen LogP contribution in [0.1, 0.15) is 22.3 Å². The maximum atomic E-state index is 10.4. The number of pyridine rings is 2. The second kappa shape index (κ2) is 14.7. The summed E-state index contributed by atoms with van der Waals surface area (Å²) in [5.74, 6) is 0. The largest absolute Gasteiger partial charge is 0.744 e. The summed E-state index contributed by atoms with van der Waals surface area (Å²) in [5.41, 5.74) is 7.12. The first-order valence-corrected chi connectivity index (χ1v) is 17.4. The van der Waals surface area contributed by atoms with E-state index in [0.29, 0.717) is 0 Å². The van der Waals surface area contributed by atoms with Gasteiger partial charge in [0, 0.05) is 35.0 Å². The molecule has 2 aromatic heterocycles. The summed E-state index contributed by atoms with van der Waals surface area (Å²) < 4.78 is 67.0. The van der Waals surface area contributed by atoms with Crippen molar-refractivity contribution in [3.8, 4) is 0 Å². The maximum absolute atomic E-state index is 10.4. The Morgan fingerprint density at radius 1 is 0.478 bits per heavy atom. The molecule has 0 N–H and O–H groups in total. The molecular formula is C36H36N2O6S2. The Kier molecular flexibility index (Phi) is 11.0. The van der Waals surface area contributed by atoms with Crippen molar-refractivity contribution in [3.63, 3.8) is 0 Å². The SMILES string of the molecule is Cc1cc[n+](CC[n+]2ccc(C)c3ccccc32)c2ccccc12.Cc1ccc(S(=O)(=O)[O-])cc1.Cc1ccc(S(=O)(=O)[O-])cc1. The molecule has 0 fully saturated rings. The molecule has 4 aromatic carbocycles. The van der Waals surface area contributed by atoms with Gasteiger partial charge in [0.25, 0.3) is 0 Å². The van der Waals surface area contributed by atoms with Gasteiger partial charge in [-0.05, 0) is 75.2 Å². The van der Waals surface area contributed by atoms with Gasteiger partial charge in [0.15, 0.2) is 12.4 Å². The fourth-order valence-electron chi connectivity index (χ4n) is 4.87. The molecule has 10 heteroatoms. The summed E-state index contributed by atoms with van der Waals surface area (Å²) >= 11 is 0. The van der Waals surface area contributed by atoms with Crippen molar-refractivity contribution in [2.75, 3.05) is 0 Å². The molecule has 0 amide bonds. The summed E-state index contributed by atoms with van der Waals surface area (Å²) in [6.07, 6.45) is 4.41. The Hall–Kier alpha value is -4.48. The molecule has 8 nitrogen and oxygen atoms in total. The van der Waals surface area contributed by atoms with Crippen molar-refractivity contribution in [2.24, 2.45) is 0 Å². The lowest BCUT2D eigenvalue weighted by atomic mass is 10.1. The minimum absolute atomic E-state index is 0.178. The van der Waals surface area contributed by atoms with Crippen LogP contribution in [-0.4, -0.2) is 25.9 Å². The van der Waals surface area contributed by atoms with Crippen molar-refractivity contribution in [1.82, 2.24) is 0 Å². The third-order valence-electron chi connectivity index (χ3n) is 7.49. The first-order valence-electron chi connectivity index (χ1n) is 14.5. The lowest BCUT2D eigenvalue weighted by Crippen LogP contribution is -2.45. The third-order valence-corrected chi connectivity index (χ3v) is 9.19. The zero-order valence-corrected chi connectivity index (χ0v) is 27.8. The van der Waals surface area contributed by atoms with Crippen molar-refractivity contribution < 1.29 is 35.1 Å². The fourth-order valence-corrected chi connectivity index (χ4v) is 5.81. The topological polar surface area (TPSA) is 122 Å². The number of rotatable bonds is 5. The summed E-state index contributed by atoms with van der Waals surface area (Å²) in [4.78, 5) is -0.355. The second-order valence-corrected chi connectivity index (χ2v) is 13.7. The number of nitrogens with zero attached hydrogens (tertiary/aromatic N) is 2. The van der Waals surface area contributed by atoms with Gasteiger partial charge in [-0.2, -0.15) is 9.13 Å². The molecule has 0 saturated heterocycles. The molecule has 6 rings (SSSR count). The highest BCUT2D eigenvalue weighted by molar-refractivity contribution is 7.86. The number of fused-ring (bicyclic) bond motifs is 2. The van der Waals surface area contributed by atoms with Gasteiger partial charge in [-0.1, -0.05) is 59.7 Å². The van der Waals surface area contributed by atoms with Gasteiger partial charge in [-0.15, -0.1) is 0 Å². The third kappa shape index (κ3) is 9.04. The van der Waals surface area contributed by atoms with Crippen LogP contribution in [-0.2, 0) is 33.3 Å². The summed E-state index contributed by atoms with van der Waals surface area (Å²) in [6, 6.07) is 33.3. The van der Waals surface area contributed by atoms with Crippen LogP contribution in [0.25, 0.3) is 21.8 Å². The molecule has 0 aliphatic rings. The van der Waals surface area contributed by atoms with Crippen LogP contribution >= 0.6 is 0 Å². The van der Waals surface area contributed by atoms with E-state index in [1.807, 2.05) is 13.8 Å². The van der Waals surface area contributed by atoms with E-state index in [9.17, 15) is 25.9 Å². The first-order chi connectivity index (χ1) is 21.7. The smallest absolute Gasteiger partial charge is 0.212 e. The molecule has 0 unspecified atom stereocenters. The molecule has 0 radical (unpaired) electrons. The summed E-state index contributed by atoms with van der Waals surface area (Å²) in [7, 11) is -8.54. The van der Waals surface area contributed by atoms with Gasteiger partial charge in [0.05, 0.1) is 9.79 Å². The molecule has 238 valence electrons. The van der Waals surface area contributed by atoms with E-state index in [2.05, 4.69) is 96.0 Å². The molecule has 0 saturated carbocycles. The molecule has 0 atom stereocenters. The minimum atomic E-state index is -4.27. The summed E-state index contributed by atoms with van der Waals surface area (Å²) in [6.45, 7) is 9.91. The summed E-state index contributed by atoms with van der Waals surface area (Å²) in [5, 5.41) is 2.66. The predicted octanol–water partition coefficient (Wildman–Crippen LogP) is 5.68. The molecule has 0 spiro atoms. The average Bonchev–Trinajstić information content (AvgIpc) is 3.02. The molecule has 0 aliphatic carbocycles. The van der Waals surface area contributed by atoms with Gasteiger partial charge in [0.1, 0.15) is 20.2 Å². The number of aryl methyl sites for hydroxylation is 6. The maximum Gasteiger partial charge on any atom is 0.212 e. The van der Waals surface area contributed by atoms with E-state index in [4.69, 9.17) is 0 Å².